The molecule has 0 spiro atoms. The van der Waals surface area contributed by atoms with Crippen LogP contribution >= 0.6 is 0 Å². The first kappa shape index (κ1) is 13.7. The van der Waals surface area contributed by atoms with Crippen molar-refractivity contribution in [1.29, 1.82) is 0 Å². The van der Waals surface area contributed by atoms with Crippen molar-refractivity contribution in [3.05, 3.63) is 0 Å². The first-order valence-corrected chi connectivity index (χ1v) is 3.93. The molecule has 0 amide bonds. The van der Waals surface area contributed by atoms with Crippen LogP contribution in [0, 0.1) is 5.92 Å². The van der Waals surface area contributed by atoms with Crippen LogP contribution in [0.5, 0.6) is 0 Å². The van der Waals surface area contributed by atoms with Gasteiger partial charge in [-0.15, -0.1) is 0 Å². The van der Waals surface area contributed by atoms with Gasteiger partial charge in [-0.3, -0.25) is 0 Å². The summed E-state index contributed by atoms with van der Waals surface area (Å²) in [5.41, 5.74) is 0. The number of hydrogen-bond acceptors (Lipinski definition) is 2. The molecule has 1 atom stereocenters. The Morgan fingerprint density at radius 3 is 2.27 bits per heavy atom. The minimum atomic E-state index is -0.893. The standard InChI is InChI=1S/C8H16O2.Rh/c1-3-5-6-7(4-2)8(9)10;/h7H,3-6H2,1-2H3,(H,9,10);/q;+1/p-1. The second-order valence-electron chi connectivity index (χ2n) is 2.57. The summed E-state index contributed by atoms with van der Waals surface area (Å²) in [5, 5.41) is 10.3. The first-order valence-electron chi connectivity index (χ1n) is 3.93. The zero-order valence-corrected chi connectivity index (χ0v) is 8.69. The SMILES string of the molecule is CCCCC(CC)C(=O)[O-].[Rh+]. The van der Waals surface area contributed by atoms with Crippen LogP contribution in [0.3, 0.4) is 0 Å². The fourth-order valence-corrected chi connectivity index (χ4v) is 0.939. The smallest absolute Gasteiger partial charge is 0.550 e. The van der Waals surface area contributed by atoms with Crippen LogP contribution in [0.4, 0.5) is 0 Å². The minimum Gasteiger partial charge on any atom is -0.550 e. The Morgan fingerprint density at radius 1 is 1.45 bits per heavy atom. The second-order valence-corrected chi connectivity index (χ2v) is 2.57. The predicted octanol–water partition coefficient (Wildman–Crippen LogP) is 0.950. The van der Waals surface area contributed by atoms with Crippen molar-refractivity contribution in [3.63, 3.8) is 0 Å². The second kappa shape index (κ2) is 8.19. The van der Waals surface area contributed by atoms with E-state index in [9.17, 15) is 9.90 Å². The van der Waals surface area contributed by atoms with Crippen LogP contribution in [0.15, 0.2) is 0 Å². The molecule has 0 N–H and O–H groups in total. The molecule has 0 fully saturated rings. The maximum atomic E-state index is 10.3. The summed E-state index contributed by atoms with van der Waals surface area (Å²) in [6.07, 6.45) is 3.52. The molecule has 0 saturated carbocycles. The van der Waals surface area contributed by atoms with Crippen molar-refractivity contribution in [2.75, 3.05) is 0 Å². The summed E-state index contributed by atoms with van der Waals surface area (Å²) < 4.78 is 0. The van der Waals surface area contributed by atoms with Crippen LogP contribution in [-0.4, -0.2) is 5.97 Å². The molecule has 3 heteroatoms. The third kappa shape index (κ3) is 6.49. The van der Waals surface area contributed by atoms with E-state index in [0.717, 1.165) is 19.3 Å². The van der Waals surface area contributed by atoms with E-state index in [1.807, 2.05) is 6.92 Å². The Bertz CT molecular complexity index is 104. The molecule has 2 nitrogen and oxygen atoms in total. The van der Waals surface area contributed by atoms with E-state index in [1.54, 1.807) is 0 Å². The van der Waals surface area contributed by atoms with Gasteiger partial charge in [-0.25, -0.2) is 0 Å². The summed E-state index contributed by atoms with van der Waals surface area (Å²) in [7, 11) is 0. The van der Waals surface area contributed by atoms with E-state index >= 15 is 0 Å². The van der Waals surface area contributed by atoms with E-state index in [4.69, 9.17) is 0 Å². The van der Waals surface area contributed by atoms with Crippen LogP contribution < -0.4 is 5.11 Å². The van der Waals surface area contributed by atoms with E-state index < -0.39 is 5.97 Å². The Kier molecular flexibility index (Phi) is 10.2. The number of carboxylic acid groups (broad SMARTS) is 1. The summed E-state index contributed by atoms with van der Waals surface area (Å²) in [5.74, 6) is -1.11. The summed E-state index contributed by atoms with van der Waals surface area (Å²) in [6, 6.07) is 0. The van der Waals surface area contributed by atoms with Gasteiger partial charge in [0, 0.05) is 5.97 Å². The van der Waals surface area contributed by atoms with Gasteiger partial charge in [-0.1, -0.05) is 26.7 Å². The number of unbranched alkanes of at least 4 members (excludes halogenated alkanes) is 1. The van der Waals surface area contributed by atoms with Gasteiger partial charge in [0.2, 0.25) is 0 Å². The Balaban J connectivity index is 0. The molecule has 0 rings (SSSR count). The number of hydrogen-bond donors (Lipinski definition) is 0. The topological polar surface area (TPSA) is 40.1 Å². The molecule has 0 heterocycles. The minimum absolute atomic E-state index is 0. The van der Waals surface area contributed by atoms with Crippen molar-refractivity contribution >= 4 is 5.97 Å². The fourth-order valence-electron chi connectivity index (χ4n) is 0.939. The first-order chi connectivity index (χ1) is 4.72. The molecule has 0 aliphatic rings. The van der Waals surface area contributed by atoms with Crippen LogP contribution in [0.25, 0.3) is 0 Å². The average Bonchev–Trinajstić information content (AvgIpc) is 1.89. The van der Waals surface area contributed by atoms with E-state index in [1.165, 1.54) is 0 Å². The van der Waals surface area contributed by atoms with Crippen LogP contribution in [0.1, 0.15) is 39.5 Å². The van der Waals surface area contributed by atoms with E-state index in [0.29, 0.717) is 6.42 Å². The van der Waals surface area contributed by atoms with Crippen molar-refractivity contribution in [3.8, 4) is 0 Å². The van der Waals surface area contributed by atoms with Gasteiger partial charge in [-0.2, -0.15) is 0 Å². The molecular weight excluding hydrogens is 231 g/mol. The number of carbonyl (C=O) groups is 1. The number of carbonyl (C=O) groups excluding carboxylic acids is 1. The van der Waals surface area contributed by atoms with Crippen LogP contribution in [-0.2, 0) is 24.3 Å². The molecular formula is C8H15O2Rh. The summed E-state index contributed by atoms with van der Waals surface area (Å²) >= 11 is 0. The van der Waals surface area contributed by atoms with Crippen molar-refractivity contribution in [2.45, 2.75) is 39.5 Å². The Morgan fingerprint density at radius 2 is 2.00 bits per heavy atom. The number of aliphatic carboxylic acids is 1. The molecule has 0 aromatic rings. The molecule has 0 saturated heterocycles. The fraction of sp³-hybridized carbons (Fsp3) is 0.875. The van der Waals surface area contributed by atoms with E-state index in [-0.39, 0.29) is 25.4 Å². The van der Waals surface area contributed by atoms with Gasteiger partial charge in [-0.05, 0) is 18.8 Å². The van der Waals surface area contributed by atoms with Crippen molar-refractivity contribution < 1.29 is 29.4 Å². The molecule has 0 aromatic carbocycles. The zero-order valence-electron chi connectivity index (χ0n) is 7.06. The van der Waals surface area contributed by atoms with Gasteiger partial charge in [0.15, 0.2) is 0 Å². The molecule has 0 radical (unpaired) electrons. The van der Waals surface area contributed by atoms with Gasteiger partial charge >= 0.3 is 19.5 Å². The largest absolute Gasteiger partial charge is 1.00 e. The molecule has 68 valence electrons. The normalized spacial score (nSPS) is 11.8. The van der Waals surface area contributed by atoms with Crippen molar-refractivity contribution in [1.82, 2.24) is 0 Å². The molecule has 0 bridgehead atoms. The van der Waals surface area contributed by atoms with Crippen molar-refractivity contribution in [2.24, 2.45) is 5.92 Å². The van der Waals surface area contributed by atoms with Gasteiger partial charge in [0.05, 0.1) is 0 Å². The predicted molar refractivity (Wildman–Crippen MR) is 38.3 cm³/mol. The molecule has 1 unspecified atom stereocenters. The monoisotopic (exact) mass is 246 g/mol. The van der Waals surface area contributed by atoms with Crippen LogP contribution in [0.2, 0.25) is 0 Å². The summed E-state index contributed by atoms with van der Waals surface area (Å²) in [6.45, 7) is 3.94. The van der Waals surface area contributed by atoms with Gasteiger partial charge in [0.25, 0.3) is 0 Å². The zero-order chi connectivity index (χ0) is 7.98. The Labute approximate surface area is 81.1 Å². The van der Waals surface area contributed by atoms with E-state index in [2.05, 4.69) is 6.92 Å². The maximum Gasteiger partial charge on any atom is 1.00 e. The quantitative estimate of drug-likeness (QED) is 0.677. The molecule has 0 aliphatic heterocycles. The third-order valence-electron chi connectivity index (χ3n) is 1.73. The number of carboxylic acids is 1. The number of rotatable bonds is 5. The van der Waals surface area contributed by atoms with Gasteiger partial charge < -0.3 is 9.90 Å². The van der Waals surface area contributed by atoms with Gasteiger partial charge in [0.1, 0.15) is 0 Å². The molecule has 0 aromatic heterocycles. The molecule has 11 heavy (non-hydrogen) atoms. The Hall–Kier alpha value is 0.0934. The third-order valence-corrected chi connectivity index (χ3v) is 1.73. The molecule has 0 aliphatic carbocycles. The maximum absolute atomic E-state index is 10.3. The summed E-state index contributed by atoms with van der Waals surface area (Å²) in [4.78, 5) is 10.3. The average molecular weight is 246 g/mol.